The van der Waals surface area contributed by atoms with Gasteiger partial charge in [-0.1, -0.05) is 47.0 Å². The van der Waals surface area contributed by atoms with E-state index >= 15 is 0 Å². The second-order valence-corrected chi connectivity index (χ2v) is 3.27. The molecule has 1 aliphatic rings. The van der Waals surface area contributed by atoms with Gasteiger partial charge in [-0.3, -0.25) is 0 Å². The van der Waals surface area contributed by atoms with Gasteiger partial charge in [-0.2, -0.15) is 0 Å². The quantitative estimate of drug-likeness (QED) is 0.650. The summed E-state index contributed by atoms with van der Waals surface area (Å²) in [7, 11) is 0. The molecule has 2 N–H and O–H groups in total. The third-order valence-electron chi connectivity index (χ3n) is 2.19. The van der Waals surface area contributed by atoms with E-state index in [-0.39, 0.29) is 0 Å². The molecule has 0 aliphatic carbocycles. The lowest BCUT2D eigenvalue weighted by molar-refractivity contribution is 0.599. The number of hydrogen-bond acceptors (Lipinski definition) is 2. The van der Waals surface area contributed by atoms with Crippen LogP contribution in [0.1, 0.15) is 59.8 Å². The molecule has 1 heterocycles. The van der Waals surface area contributed by atoms with Crippen LogP contribution < -0.4 is 10.6 Å². The van der Waals surface area contributed by atoms with Crippen LogP contribution in [0.4, 0.5) is 0 Å². The summed E-state index contributed by atoms with van der Waals surface area (Å²) >= 11 is 0. The minimum Gasteiger partial charge on any atom is -0.315 e. The molecule has 0 aromatic rings. The topological polar surface area (TPSA) is 24.1 Å². The van der Waals surface area contributed by atoms with Gasteiger partial charge < -0.3 is 10.6 Å². The Morgan fingerprint density at radius 3 is 1.20 bits per heavy atom. The summed E-state index contributed by atoms with van der Waals surface area (Å²) in [5.41, 5.74) is 0. The predicted octanol–water partition coefficient (Wildman–Crippen LogP) is 3.18. The number of nitrogens with one attached hydrogen (secondary N) is 2. The van der Waals surface area contributed by atoms with Crippen molar-refractivity contribution < 1.29 is 0 Å². The molecule has 0 aromatic heterocycles. The average molecular weight is 216 g/mol. The van der Waals surface area contributed by atoms with Crippen molar-refractivity contribution in [1.82, 2.24) is 10.6 Å². The Hall–Kier alpha value is -0.0800. The lowest BCUT2D eigenvalue weighted by atomic mass is 10.1. The van der Waals surface area contributed by atoms with Crippen LogP contribution in [0.3, 0.4) is 0 Å². The largest absolute Gasteiger partial charge is 0.315 e. The number of hydrogen-bond donors (Lipinski definition) is 2. The summed E-state index contributed by atoms with van der Waals surface area (Å²) in [4.78, 5) is 0. The lowest BCUT2D eigenvalue weighted by Gasteiger charge is -2.03. The molecule has 0 aromatic carbocycles. The molecule has 1 aliphatic heterocycles. The summed E-state index contributed by atoms with van der Waals surface area (Å²) in [6, 6.07) is 0. The summed E-state index contributed by atoms with van der Waals surface area (Å²) < 4.78 is 0. The highest BCUT2D eigenvalue weighted by atomic mass is 14.9. The van der Waals surface area contributed by atoms with Crippen LogP contribution in [0.5, 0.6) is 0 Å². The highest BCUT2D eigenvalue weighted by molar-refractivity contribution is 4.56. The van der Waals surface area contributed by atoms with E-state index in [1.165, 1.54) is 45.2 Å². The van der Waals surface area contributed by atoms with Crippen molar-refractivity contribution in [2.24, 2.45) is 0 Å². The molecule has 1 fully saturated rings. The minimum atomic E-state index is 1.14. The Morgan fingerprint density at radius 1 is 0.467 bits per heavy atom. The molecular formula is C13H32N2. The molecule has 0 radical (unpaired) electrons. The van der Waals surface area contributed by atoms with Gasteiger partial charge in [0.25, 0.3) is 0 Å². The van der Waals surface area contributed by atoms with E-state index < -0.39 is 0 Å². The fourth-order valence-corrected chi connectivity index (χ4v) is 1.46. The van der Waals surface area contributed by atoms with Crippen molar-refractivity contribution in [3.63, 3.8) is 0 Å². The molecule has 1 saturated heterocycles. The van der Waals surface area contributed by atoms with Crippen LogP contribution in [-0.2, 0) is 0 Å². The first-order chi connectivity index (χ1) is 7.50. The Kier molecular flexibility index (Phi) is 22.5. The van der Waals surface area contributed by atoms with E-state index in [1.807, 2.05) is 27.7 Å². The predicted molar refractivity (Wildman–Crippen MR) is 71.5 cm³/mol. The zero-order valence-corrected chi connectivity index (χ0v) is 11.4. The monoisotopic (exact) mass is 216 g/mol. The normalized spacial score (nSPS) is 18.4. The molecule has 0 unspecified atom stereocenters. The van der Waals surface area contributed by atoms with Crippen LogP contribution in [-0.4, -0.2) is 26.2 Å². The third kappa shape index (κ3) is 16.6. The van der Waals surface area contributed by atoms with Gasteiger partial charge in [-0.05, 0) is 25.9 Å². The fourth-order valence-electron chi connectivity index (χ4n) is 1.46. The summed E-state index contributed by atoms with van der Waals surface area (Å²) in [5, 5.41) is 6.84. The molecule has 2 heteroatoms. The molecule has 0 amide bonds. The van der Waals surface area contributed by atoms with Crippen LogP contribution in [0, 0.1) is 0 Å². The van der Waals surface area contributed by atoms with E-state index in [2.05, 4.69) is 10.6 Å². The molecule has 2 nitrogen and oxygen atoms in total. The standard InChI is InChI=1S/C9H20N2.2C2H6/c1-2-4-6-10-8-9-11-7-5-3-1;2*1-2/h10-11H,1-9H2;2*1-2H3. The third-order valence-corrected chi connectivity index (χ3v) is 2.19. The number of rotatable bonds is 0. The first-order valence-corrected chi connectivity index (χ1v) is 6.91. The zero-order chi connectivity index (χ0) is 11.8. The Labute approximate surface area is 97.2 Å². The Bertz CT molecular complexity index is 46.6. The minimum absolute atomic E-state index is 1.14. The van der Waals surface area contributed by atoms with Gasteiger partial charge in [0.05, 0.1) is 0 Å². The van der Waals surface area contributed by atoms with Crippen LogP contribution in [0.15, 0.2) is 0 Å². The fraction of sp³-hybridized carbons (Fsp3) is 1.00. The van der Waals surface area contributed by atoms with Crippen molar-refractivity contribution in [2.45, 2.75) is 59.8 Å². The van der Waals surface area contributed by atoms with Gasteiger partial charge in [-0.15, -0.1) is 0 Å². The first kappa shape index (κ1) is 17.3. The van der Waals surface area contributed by atoms with Gasteiger partial charge in [0, 0.05) is 13.1 Å². The van der Waals surface area contributed by atoms with Crippen molar-refractivity contribution in [3.05, 3.63) is 0 Å². The van der Waals surface area contributed by atoms with Crippen LogP contribution in [0.25, 0.3) is 0 Å². The van der Waals surface area contributed by atoms with Crippen molar-refractivity contribution in [3.8, 4) is 0 Å². The molecule has 15 heavy (non-hydrogen) atoms. The summed E-state index contributed by atoms with van der Waals surface area (Å²) in [5.74, 6) is 0. The first-order valence-electron chi connectivity index (χ1n) is 6.91. The highest BCUT2D eigenvalue weighted by Gasteiger charge is 1.94. The van der Waals surface area contributed by atoms with E-state index in [1.54, 1.807) is 0 Å². The Morgan fingerprint density at radius 2 is 0.800 bits per heavy atom. The molecule has 0 bridgehead atoms. The van der Waals surface area contributed by atoms with E-state index in [0.717, 1.165) is 13.1 Å². The maximum atomic E-state index is 3.42. The van der Waals surface area contributed by atoms with E-state index in [0.29, 0.717) is 0 Å². The molecule has 0 atom stereocenters. The molecule has 0 spiro atoms. The van der Waals surface area contributed by atoms with Gasteiger partial charge >= 0.3 is 0 Å². The SMILES string of the molecule is C1CCCNCCNCCC1.CC.CC. The van der Waals surface area contributed by atoms with E-state index in [9.17, 15) is 0 Å². The van der Waals surface area contributed by atoms with Crippen LogP contribution >= 0.6 is 0 Å². The smallest absolute Gasteiger partial charge is 0.00767 e. The molecule has 94 valence electrons. The second kappa shape index (κ2) is 19.5. The van der Waals surface area contributed by atoms with Gasteiger partial charge in [0.1, 0.15) is 0 Å². The second-order valence-electron chi connectivity index (χ2n) is 3.27. The van der Waals surface area contributed by atoms with E-state index in [4.69, 9.17) is 0 Å². The van der Waals surface area contributed by atoms with Crippen molar-refractivity contribution in [2.75, 3.05) is 26.2 Å². The Balaban J connectivity index is 0. The van der Waals surface area contributed by atoms with Gasteiger partial charge in [0.2, 0.25) is 0 Å². The molecule has 0 saturated carbocycles. The lowest BCUT2D eigenvalue weighted by Crippen LogP contribution is -2.28. The average Bonchev–Trinajstić information content (AvgIpc) is 2.40. The molecule has 1 rings (SSSR count). The van der Waals surface area contributed by atoms with Gasteiger partial charge in [0.15, 0.2) is 0 Å². The zero-order valence-electron chi connectivity index (χ0n) is 11.4. The highest BCUT2D eigenvalue weighted by Crippen LogP contribution is 2.01. The maximum Gasteiger partial charge on any atom is 0.00767 e. The summed E-state index contributed by atoms with van der Waals surface area (Å²) in [6.07, 6.45) is 6.96. The van der Waals surface area contributed by atoms with Crippen LogP contribution in [0.2, 0.25) is 0 Å². The van der Waals surface area contributed by atoms with Crippen molar-refractivity contribution >= 4 is 0 Å². The maximum absolute atomic E-state index is 3.42. The van der Waals surface area contributed by atoms with Gasteiger partial charge in [-0.25, -0.2) is 0 Å². The molecular weight excluding hydrogens is 184 g/mol. The van der Waals surface area contributed by atoms with Crippen molar-refractivity contribution in [1.29, 1.82) is 0 Å². The summed E-state index contributed by atoms with van der Waals surface area (Å²) in [6.45, 7) is 12.7.